The van der Waals surface area contributed by atoms with Crippen LogP contribution < -0.4 is 5.32 Å². The molecule has 0 aromatic heterocycles. The van der Waals surface area contributed by atoms with E-state index in [0.29, 0.717) is 55.0 Å². The van der Waals surface area contributed by atoms with Crippen molar-refractivity contribution in [2.24, 2.45) is 5.92 Å². The number of esters is 1. The van der Waals surface area contributed by atoms with Crippen molar-refractivity contribution in [3.05, 3.63) is 93.6 Å². The summed E-state index contributed by atoms with van der Waals surface area (Å²) in [5.74, 6) is -2.58. The molecule has 0 aliphatic carbocycles. The van der Waals surface area contributed by atoms with Gasteiger partial charge in [-0.3, -0.25) is 14.5 Å². The minimum absolute atomic E-state index is 0.000308. The number of dihydropyridines is 1. The fourth-order valence-corrected chi connectivity index (χ4v) is 5.73. The van der Waals surface area contributed by atoms with Crippen LogP contribution in [0.3, 0.4) is 0 Å². The Morgan fingerprint density at radius 3 is 2.35 bits per heavy atom. The maximum Gasteiger partial charge on any atom is 0.337 e. The van der Waals surface area contributed by atoms with E-state index in [1.54, 1.807) is 39.0 Å². The van der Waals surface area contributed by atoms with Crippen LogP contribution in [0, 0.1) is 23.1 Å². The number of piperidine rings is 1. The smallest absolute Gasteiger partial charge is 0.337 e. The molecule has 4 rings (SSSR count). The number of allylic oxidation sites excluding steroid dienone is 2. The normalized spacial score (nSPS) is 20.1. The number of nitrogens with one attached hydrogen (secondary N) is 1. The Morgan fingerprint density at radius 1 is 1.07 bits per heavy atom. The van der Waals surface area contributed by atoms with Gasteiger partial charge in [0.1, 0.15) is 12.4 Å². The fourth-order valence-electron chi connectivity index (χ4n) is 5.73. The highest BCUT2D eigenvalue weighted by Gasteiger charge is 2.53. The van der Waals surface area contributed by atoms with Crippen molar-refractivity contribution in [2.45, 2.75) is 39.0 Å². The van der Waals surface area contributed by atoms with E-state index >= 15 is 0 Å². The molecule has 0 bridgehead atoms. The fraction of sp³-hybridized carbons (Fsp3) is 0.355. The van der Waals surface area contributed by atoms with E-state index < -0.39 is 17.4 Å². The van der Waals surface area contributed by atoms with Gasteiger partial charge in [0, 0.05) is 29.4 Å². The quantitative estimate of drug-likeness (QED) is 0.372. The van der Waals surface area contributed by atoms with Crippen LogP contribution in [0.1, 0.15) is 55.1 Å². The second kappa shape index (κ2) is 11.8. The number of rotatable bonds is 8. The summed E-state index contributed by atoms with van der Waals surface area (Å²) in [6.07, 6.45) is 1.27. The third-order valence-corrected chi connectivity index (χ3v) is 7.95. The molecule has 1 fully saturated rings. The second-order valence-electron chi connectivity index (χ2n) is 10.2. The zero-order valence-corrected chi connectivity index (χ0v) is 22.8. The van der Waals surface area contributed by atoms with Gasteiger partial charge in [0.25, 0.3) is 0 Å². The van der Waals surface area contributed by atoms with Gasteiger partial charge in [0.05, 0.1) is 17.2 Å². The molecule has 2 aliphatic heterocycles. The van der Waals surface area contributed by atoms with Gasteiger partial charge < -0.3 is 15.2 Å². The van der Waals surface area contributed by atoms with Gasteiger partial charge in [-0.15, -0.1) is 0 Å². The average molecular weight is 546 g/mol. The zero-order chi connectivity index (χ0) is 29.0. The lowest BCUT2D eigenvalue weighted by atomic mass is 9.65. The molecular formula is C31H32FN3O5. The molecule has 0 saturated carbocycles. The number of hydrogen-bond donors (Lipinski definition) is 2. The summed E-state index contributed by atoms with van der Waals surface area (Å²) in [5, 5.41) is 23.5. The SMILES string of the molecule is CC1=C(C)C(C(=O)O)(c2ccccc2C#N)C(C(=O)OCCN2CCC(C(=O)c3ccc(F)cc3)CC2)=C(C)N1. The number of ketones is 1. The van der Waals surface area contributed by atoms with Crippen molar-refractivity contribution in [3.63, 3.8) is 0 Å². The Bertz CT molecular complexity index is 1430. The van der Waals surface area contributed by atoms with Gasteiger partial charge >= 0.3 is 11.9 Å². The van der Waals surface area contributed by atoms with Gasteiger partial charge in [-0.2, -0.15) is 5.26 Å². The molecule has 2 N–H and O–H groups in total. The van der Waals surface area contributed by atoms with Crippen molar-refractivity contribution in [2.75, 3.05) is 26.2 Å². The van der Waals surface area contributed by atoms with E-state index in [9.17, 15) is 29.1 Å². The Hall–Kier alpha value is -4.29. The molecule has 2 aromatic rings. The molecular weight excluding hydrogens is 513 g/mol. The largest absolute Gasteiger partial charge is 0.480 e. The number of ether oxygens (including phenoxy) is 1. The van der Waals surface area contributed by atoms with Crippen LogP contribution in [0.4, 0.5) is 4.39 Å². The van der Waals surface area contributed by atoms with Gasteiger partial charge in [-0.1, -0.05) is 18.2 Å². The predicted molar refractivity (Wildman–Crippen MR) is 146 cm³/mol. The van der Waals surface area contributed by atoms with Crippen molar-refractivity contribution < 1.29 is 28.6 Å². The van der Waals surface area contributed by atoms with Crippen LogP contribution in [-0.4, -0.2) is 54.0 Å². The van der Waals surface area contributed by atoms with Crippen LogP contribution in [0.2, 0.25) is 0 Å². The summed E-state index contributed by atoms with van der Waals surface area (Å²) in [6, 6.07) is 14.0. The Balaban J connectivity index is 1.46. The van der Waals surface area contributed by atoms with Crippen LogP contribution >= 0.6 is 0 Å². The van der Waals surface area contributed by atoms with E-state index in [2.05, 4.69) is 16.3 Å². The van der Waals surface area contributed by atoms with E-state index in [4.69, 9.17) is 4.74 Å². The molecule has 1 unspecified atom stereocenters. The molecule has 8 nitrogen and oxygen atoms in total. The van der Waals surface area contributed by atoms with Crippen molar-refractivity contribution in [1.29, 1.82) is 5.26 Å². The molecule has 2 aromatic carbocycles. The molecule has 0 amide bonds. The summed E-state index contributed by atoms with van der Waals surface area (Å²) >= 11 is 0. The number of carbonyl (C=O) groups is 3. The first-order chi connectivity index (χ1) is 19.1. The third-order valence-electron chi connectivity index (χ3n) is 7.95. The van der Waals surface area contributed by atoms with Gasteiger partial charge in [-0.25, -0.2) is 9.18 Å². The number of nitriles is 1. The minimum Gasteiger partial charge on any atom is -0.480 e. The predicted octanol–water partition coefficient (Wildman–Crippen LogP) is 4.33. The molecule has 40 heavy (non-hydrogen) atoms. The maximum atomic E-state index is 13.5. The highest BCUT2D eigenvalue weighted by atomic mass is 19.1. The van der Waals surface area contributed by atoms with Gasteiger partial charge in [0.2, 0.25) is 0 Å². The number of carboxylic acids is 1. The van der Waals surface area contributed by atoms with Crippen LogP contribution in [-0.2, 0) is 19.7 Å². The molecule has 9 heteroatoms. The van der Waals surface area contributed by atoms with Crippen molar-refractivity contribution in [3.8, 4) is 6.07 Å². The third kappa shape index (κ3) is 5.27. The van der Waals surface area contributed by atoms with Crippen molar-refractivity contribution >= 4 is 17.7 Å². The van der Waals surface area contributed by atoms with Gasteiger partial charge in [0.15, 0.2) is 11.2 Å². The lowest BCUT2D eigenvalue weighted by Gasteiger charge is -2.39. The summed E-state index contributed by atoms with van der Waals surface area (Å²) in [6.45, 7) is 6.72. The summed E-state index contributed by atoms with van der Waals surface area (Å²) in [7, 11) is 0. The van der Waals surface area contributed by atoms with E-state index in [-0.39, 0.29) is 40.8 Å². The second-order valence-corrected chi connectivity index (χ2v) is 10.2. The molecule has 1 saturated heterocycles. The Labute approximate surface area is 232 Å². The number of halogens is 1. The monoisotopic (exact) mass is 545 g/mol. The number of carbonyl (C=O) groups excluding carboxylic acids is 2. The first-order valence-corrected chi connectivity index (χ1v) is 13.2. The van der Waals surface area contributed by atoms with Crippen LogP contribution in [0.25, 0.3) is 0 Å². The highest BCUT2D eigenvalue weighted by Crippen LogP contribution is 2.46. The summed E-state index contributed by atoms with van der Waals surface area (Å²) in [5.41, 5.74) is 0.255. The average Bonchev–Trinajstić information content (AvgIpc) is 2.95. The molecule has 2 aliphatic rings. The highest BCUT2D eigenvalue weighted by molar-refractivity contribution is 6.05. The van der Waals surface area contributed by atoms with E-state index in [1.807, 2.05) is 0 Å². The number of hydrogen-bond acceptors (Lipinski definition) is 7. The van der Waals surface area contributed by atoms with E-state index in [1.165, 1.54) is 30.3 Å². The lowest BCUT2D eigenvalue weighted by Crippen LogP contribution is -2.48. The zero-order valence-electron chi connectivity index (χ0n) is 22.8. The number of Topliss-reactive ketones (excluding diaryl/α,β-unsaturated/α-hetero) is 1. The number of carboxylic acid groups (broad SMARTS) is 1. The van der Waals surface area contributed by atoms with E-state index in [0.717, 1.165) is 0 Å². The molecule has 0 radical (unpaired) electrons. The summed E-state index contributed by atoms with van der Waals surface area (Å²) < 4.78 is 18.8. The topological polar surface area (TPSA) is 120 Å². The molecule has 0 spiro atoms. The first kappa shape index (κ1) is 28.7. The number of nitrogens with zero attached hydrogens (tertiary/aromatic N) is 2. The van der Waals surface area contributed by atoms with Crippen LogP contribution in [0.5, 0.6) is 0 Å². The number of aliphatic carboxylic acids is 1. The standard InChI is InChI=1S/C31H32FN3O5/c1-19-20(2)34-21(3)27(31(19,30(38)39)26-7-5-4-6-24(26)18-33)29(37)40-17-16-35-14-12-23(13-15-35)28(36)22-8-10-25(32)11-9-22/h4-11,23,34H,12-17H2,1-3H3,(H,38,39). The Kier molecular flexibility index (Phi) is 8.50. The van der Waals surface area contributed by atoms with Crippen molar-refractivity contribution in [1.82, 2.24) is 10.2 Å². The minimum atomic E-state index is -1.89. The lowest BCUT2D eigenvalue weighted by molar-refractivity contribution is -0.147. The van der Waals surface area contributed by atoms with Crippen LogP contribution in [0.15, 0.2) is 71.1 Å². The molecule has 208 valence electrons. The Morgan fingerprint density at radius 2 is 1.73 bits per heavy atom. The number of benzene rings is 2. The first-order valence-electron chi connectivity index (χ1n) is 13.2. The van der Waals surface area contributed by atoms with Gasteiger partial charge in [-0.05, 0) is 88.2 Å². The molecule has 1 atom stereocenters. The summed E-state index contributed by atoms with van der Waals surface area (Å²) in [4.78, 5) is 41.4. The number of likely N-dealkylation sites (tertiary alicyclic amines) is 1. The maximum absolute atomic E-state index is 13.5. The molecule has 2 heterocycles.